The molecule has 6 aromatic rings. The summed E-state index contributed by atoms with van der Waals surface area (Å²) in [4.78, 5) is 14.7. The zero-order valence-electron chi connectivity index (χ0n) is 24.9. The van der Waals surface area contributed by atoms with Gasteiger partial charge in [0.2, 0.25) is 0 Å². The predicted molar refractivity (Wildman–Crippen MR) is 166 cm³/mol. The monoisotopic (exact) mass is 737 g/mol. The van der Waals surface area contributed by atoms with Crippen molar-refractivity contribution in [2.75, 3.05) is 0 Å². The fourth-order valence-electron chi connectivity index (χ4n) is 5.17. The molecule has 0 aliphatic rings. The number of rotatable bonds is 3. The summed E-state index contributed by atoms with van der Waals surface area (Å²) < 4.78 is 12.5. The van der Waals surface area contributed by atoms with Crippen LogP contribution in [0.5, 0.6) is 0 Å². The molecule has 217 valence electrons. The zero-order chi connectivity index (χ0) is 29.5. The van der Waals surface area contributed by atoms with Crippen LogP contribution in [0.15, 0.2) is 87.5 Å². The number of pyridine rings is 1. The van der Waals surface area contributed by atoms with Gasteiger partial charge in [-0.25, -0.2) is 0 Å². The fourth-order valence-corrected chi connectivity index (χ4v) is 5.17. The van der Waals surface area contributed by atoms with Crippen molar-refractivity contribution in [1.82, 2.24) is 4.98 Å². The van der Waals surface area contributed by atoms with E-state index in [1.807, 2.05) is 30.3 Å². The molecule has 42 heavy (non-hydrogen) atoms. The van der Waals surface area contributed by atoms with Crippen LogP contribution in [0, 0.1) is 19.9 Å². The summed E-state index contributed by atoms with van der Waals surface area (Å²) in [6.07, 6.45) is 2.97. The number of benzene rings is 3. The first-order valence-corrected chi connectivity index (χ1v) is 13.6. The van der Waals surface area contributed by atoms with E-state index in [2.05, 4.69) is 71.0 Å². The molecule has 3 aromatic carbocycles. The predicted octanol–water partition coefficient (Wildman–Crippen LogP) is 9.81. The van der Waals surface area contributed by atoms with Gasteiger partial charge in [0.1, 0.15) is 11.3 Å². The Morgan fingerprint density at radius 1 is 0.929 bits per heavy atom. The minimum atomic E-state index is -0.125. The Kier molecular flexibility index (Phi) is 8.91. The molecule has 0 amide bonds. The molecule has 0 saturated heterocycles. The van der Waals surface area contributed by atoms with Gasteiger partial charge in [-0.3, -0.25) is 4.79 Å². The summed E-state index contributed by atoms with van der Waals surface area (Å²) in [5, 5.41) is 11.6. The molecule has 5 nitrogen and oxygen atoms in total. The number of nitrogens with zero attached hydrogens (tertiary/aromatic N) is 1. The van der Waals surface area contributed by atoms with Crippen molar-refractivity contribution in [2.45, 2.75) is 53.9 Å². The minimum Gasteiger partial charge on any atom is -0.512 e. The minimum absolute atomic E-state index is 0. The first-order valence-electron chi connectivity index (χ1n) is 13.6. The van der Waals surface area contributed by atoms with Crippen molar-refractivity contribution in [2.24, 2.45) is 0 Å². The topological polar surface area (TPSA) is 76.5 Å². The number of allylic oxidation sites excluding steroid dienone is 2. The number of para-hydroxylation sites is 1. The normalized spacial score (nSPS) is 11.8. The van der Waals surface area contributed by atoms with Gasteiger partial charge >= 0.3 is 0 Å². The van der Waals surface area contributed by atoms with Gasteiger partial charge in [0.25, 0.3) is 0 Å². The number of aromatic nitrogens is 1. The molecule has 3 aromatic heterocycles. The molecular weight excluding hydrogens is 703 g/mol. The number of aliphatic hydroxyl groups excluding tert-OH is 1. The number of carbonyl (C=O) groups excluding carboxylic acids is 1. The van der Waals surface area contributed by atoms with Gasteiger partial charge in [-0.05, 0) is 67.6 Å². The van der Waals surface area contributed by atoms with E-state index in [-0.39, 0.29) is 37.1 Å². The summed E-state index contributed by atoms with van der Waals surface area (Å²) in [5.41, 5.74) is 9.16. The number of carbonyl (C=O) groups is 1. The van der Waals surface area contributed by atoms with Gasteiger partial charge < -0.3 is 18.9 Å². The summed E-state index contributed by atoms with van der Waals surface area (Å²) in [6, 6.07) is 24.2. The summed E-state index contributed by atoms with van der Waals surface area (Å²) in [6.45, 7) is 13.9. The number of aryl methyl sites for hydroxylation is 2. The molecule has 0 bridgehead atoms. The average Bonchev–Trinajstić information content (AvgIpc) is 3.48. The fraction of sp³-hybridized carbons (Fsp3) is 0.222. The molecule has 0 aliphatic heterocycles. The molecule has 0 saturated carbocycles. The van der Waals surface area contributed by atoms with Crippen LogP contribution in [0.2, 0.25) is 0 Å². The van der Waals surface area contributed by atoms with E-state index in [0.717, 1.165) is 55.5 Å². The van der Waals surface area contributed by atoms with E-state index in [0.29, 0.717) is 0 Å². The Labute approximate surface area is 259 Å². The number of hydrogen-bond donors (Lipinski definition) is 1. The van der Waals surface area contributed by atoms with Crippen LogP contribution < -0.4 is 0 Å². The SMILES string of the molecule is CC(=O)/C=C(/C)O.Cc1cc(C(C)(C)C)cc(C)c1-c1cc2cc(-c3[c-]ccc4c3oc3ccccc34)ncc2o1.[Ir]. The summed E-state index contributed by atoms with van der Waals surface area (Å²) >= 11 is 0. The van der Waals surface area contributed by atoms with E-state index < -0.39 is 0 Å². The van der Waals surface area contributed by atoms with Gasteiger partial charge in [0.15, 0.2) is 11.4 Å². The molecule has 1 radical (unpaired) electrons. The van der Waals surface area contributed by atoms with Crippen LogP contribution >= 0.6 is 0 Å². The molecule has 3 heterocycles. The second-order valence-electron chi connectivity index (χ2n) is 11.5. The molecule has 6 heteroatoms. The van der Waals surface area contributed by atoms with Crippen molar-refractivity contribution in [1.29, 1.82) is 0 Å². The van der Waals surface area contributed by atoms with Crippen LogP contribution in [0.1, 0.15) is 51.3 Å². The van der Waals surface area contributed by atoms with Gasteiger partial charge in [-0.1, -0.05) is 68.1 Å². The van der Waals surface area contributed by atoms with Crippen LogP contribution in [-0.4, -0.2) is 15.9 Å². The Bertz CT molecular complexity index is 1930. The molecule has 0 aliphatic carbocycles. The Hall–Kier alpha value is -3.99. The van der Waals surface area contributed by atoms with Crippen molar-refractivity contribution in [3.05, 3.63) is 101 Å². The third kappa shape index (κ3) is 6.25. The van der Waals surface area contributed by atoms with E-state index in [9.17, 15) is 4.79 Å². The molecule has 1 N–H and O–H groups in total. The Morgan fingerprint density at radius 3 is 2.24 bits per heavy atom. The summed E-state index contributed by atoms with van der Waals surface area (Å²) in [7, 11) is 0. The van der Waals surface area contributed by atoms with Gasteiger partial charge in [-0.15, -0.1) is 18.2 Å². The van der Waals surface area contributed by atoms with Crippen LogP contribution in [0.4, 0.5) is 0 Å². The van der Waals surface area contributed by atoms with Crippen molar-refractivity contribution < 1.29 is 38.8 Å². The van der Waals surface area contributed by atoms with Crippen LogP contribution in [0.25, 0.3) is 55.5 Å². The second kappa shape index (κ2) is 12.1. The standard InChI is InChI=1S/C31H26NO2.C5H8O2.Ir/c1-18-13-21(31(3,4)5)14-19(2)29(18)27-16-20-15-25(32-17-28(20)33-27)24-11-8-10-23-22-9-6-7-12-26(22)34-30(23)24;1-4(6)3-5(2)7;/h6-10,12-17H,1-5H3;3,6H,1-2H3;/q-1;;/b;4-3-;. The molecular formula is C36H34IrNO4-. The quantitative estimate of drug-likeness (QED) is 0.111. The van der Waals surface area contributed by atoms with E-state index in [1.165, 1.54) is 36.6 Å². The molecule has 6 rings (SSSR count). The average molecular weight is 737 g/mol. The van der Waals surface area contributed by atoms with Gasteiger partial charge in [-0.2, -0.15) is 0 Å². The molecule has 0 fully saturated rings. The van der Waals surface area contributed by atoms with Crippen LogP contribution in [-0.2, 0) is 30.3 Å². The first-order chi connectivity index (χ1) is 19.4. The molecule has 0 unspecified atom stereocenters. The maximum atomic E-state index is 10.0. The van der Waals surface area contributed by atoms with Crippen molar-refractivity contribution in [3.63, 3.8) is 0 Å². The maximum Gasteiger partial charge on any atom is 0.155 e. The number of fused-ring (bicyclic) bond motifs is 4. The Morgan fingerprint density at radius 2 is 1.62 bits per heavy atom. The maximum absolute atomic E-state index is 10.0. The molecule has 0 atom stereocenters. The van der Waals surface area contributed by atoms with Gasteiger partial charge in [0.05, 0.1) is 17.5 Å². The largest absolute Gasteiger partial charge is 0.512 e. The number of hydrogen-bond acceptors (Lipinski definition) is 5. The smallest absolute Gasteiger partial charge is 0.155 e. The van der Waals surface area contributed by atoms with Gasteiger partial charge in [0, 0.05) is 42.5 Å². The number of furan rings is 2. The third-order valence-corrected chi connectivity index (χ3v) is 7.06. The van der Waals surface area contributed by atoms with E-state index >= 15 is 0 Å². The second-order valence-corrected chi connectivity index (χ2v) is 11.5. The first kappa shape index (κ1) is 31.0. The van der Waals surface area contributed by atoms with Crippen molar-refractivity contribution in [3.8, 4) is 22.6 Å². The van der Waals surface area contributed by atoms with Crippen molar-refractivity contribution >= 4 is 38.7 Å². The Balaban J connectivity index is 0.000000454. The van der Waals surface area contributed by atoms with Crippen LogP contribution in [0.3, 0.4) is 0 Å². The number of aliphatic hydroxyl groups is 1. The summed E-state index contributed by atoms with van der Waals surface area (Å²) in [5.74, 6) is 0.808. The number of ketones is 1. The molecule has 0 spiro atoms. The van der Waals surface area contributed by atoms with E-state index in [4.69, 9.17) is 18.9 Å². The third-order valence-electron chi connectivity index (χ3n) is 7.06. The zero-order valence-corrected chi connectivity index (χ0v) is 27.3. The van der Waals surface area contributed by atoms with E-state index in [1.54, 1.807) is 6.20 Å².